The van der Waals surface area contributed by atoms with Gasteiger partial charge in [0.05, 0.1) is 5.69 Å². The maximum Gasteiger partial charge on any atom is 0.267 e. The van der Waals surface area contributed by atoms with Crippen LogP contribution in [0.3, 0.4) is 0 Å². The molecule has 3 rings (SSSR count). The van der Waals surface area contributed by atoms with Crippen molar-refractivity contribution in [3.8, 4) is 0 Å². The molecular formula is C17H13Br2N3OS. The Kier molecular flexibility index (Phi) is 5.33. The van der Waals surface area contributed by atoms with Crippen molar-refractivity contribution in [1.82, 2.24) is 4.98 Å². The third kappa shape index (κ3) is 4.23. The summed E-state index contributed by atoms with van der Waals surface area (Å²) < 4.78 is 1.98. The van der Waals surface area contributed by atoms with Gasteiger partial charge in [0, 0.05) is 20.3 Å². The summed E-state index contributed by atoms with van der Waals surface area (Å²) in [5.41, 5.74) is 2.37. The highest BCUT2D eigenvalue weighted by Gasteiger charge is 2.15. The lowest BCUT2D eigenvalue weighted by atomic mass is 10.3. The third-order valence-electron chi connectivity index (χ3n) is 3.20. The average Bonchev–Trinajstić information content (AvgIpc) is 2.92. The van der Waals surface area contributed by atoms with Crippen LogP contribution in [0.15, 0.2) is 57.5 Å². The van der Waals surface area contributed by atoms with E-state index in [2.05, 4.69) is 47.5 Å². The number of nitrogens with one attached hydrogen (secondary N) is 2. The van der Waals surface area contributed by atoms with Gasteiger partial charge in [-0.15, -0.1) is 0 Å². The van der Waals surface area contributed by atoms with Crippen molar-refractivity contribution >= 4 is 65.6 Å². The van der Waals surface area contributed by atoms with E-state index < -0.39 is 0 Å². The van der Waals surface area contributed by atoms with Crippen molar-refractivity contribution in [2.45, 2.75) is 6.92 Å². The van der Waals surface area contributed by atoms with Crippen molar-refractivity contribution in [1.29, 1.82) is 0 Å². The molecule has 0 saturated carbocycles. The highest BCUT2D eigenvalue weighted by molar-refractivity contribution is 9.10. The number of rotatable bonds is 4. The fraction of sp³-hybridized carbons (Fsp3) is 0.0588. The van der Waals surface area contributed by atoms with Gasteiger partial charge in [-0.05, 0) is 55.5 Å². The first-order valence-electron chi connectivity index (χ1n) is 7.08. The predicted molar refractivity (Wildman–Crippen MR) is 106 cm³/mol. The van der Waals surface area contributed by atoms with E-state index in [1.54, 1.807) is 0 Å². The highest BCUT2D eigenvalue weighted by atomic mass is 79.9. The largest absolute Gasteiger partial charge is 0.332 e. The molecular weight excluding hydrogens is 454 g/mol. The Morgan fingerprint density at radius 1 is 0.958 bits per heavy atom. The fourth-order valence-electron chi connectivity index (χ4n) is 2.04. The Labute approximate surface area is 160 Å². The number of anilines is 3. The van der Waals surface area contributed by atoms with E-state index in [1.165, 1.54) is 11.3 Å². The molecule has 0 saturated heterocycles. The Bertz CT molecular complexity index is 861. The summed E-state index contributed by atoms with van der Waals surface area (Å²) >= 11 is 8.11. The zero-order valence-electron chi connectivity index (χ0n) is 12.6. The van der Waals surface area contributed by atoms with Crippen LogP contribution in [0.25, 0.3) is 0 Å². The molecule has 7 heteroatoms. The van der Waals surface area contributed by atoms with Crippen LogP contribution >= 0.6 is 43.2 Å². The monoisotopic (exact) mass is 465 g/mol. The molecule has 0 atom stereocenters. The summed E-state index contributed by atoms with van der Waals surface area (Å²) in [4.78, 5) is 17.5. The number of benzene rings is 2. The Balaban J connectivity index is 1.74. The lowest BCUT2D eigenvalue weighted by Crippen LogP contribution is -2.11. The Hall–Kier alpha value is -1.70. The molecule has 24 heavy (non-hydrogen) atoms. The van der Waals surface area contributed by atoms with Crippen LogP contribution in [0.2, 0.25) is 0 Å². The van der Waals surface area contributed by atoms with E-state index in [1.807, 2.05) is 55.5 Å². The van der Waals surface area contributed by atoms with Gasteiger partial charge in [0.1, 0.15) is 4.88 Å². The van der Waals surface area contributed by atoms with Crippen molar-refractivity contribution in [3.05, 3.63) is 68.0 Å². The minimum absolute atomic E-state index is 0.156. The van der Waals surface area contributed by atoms with Gasteiger partial charge < -0.3 is 10.6 Å². The van der Waals surface area contributed by atoms with Gasteiger partial charge in [-0.1, -0.05) is 43.2 Å². The van der Waals surface area contributed by atoms with Gasteiger partial charge in [-0.3, -0.25) is 4.79 Å². The predicted octanol–water partition coefficient (Wildman–Crippen LogP) is 5.97. The van der Waals surface area contributed by atoms with Gasteiger partial charge >= 0.3 is 0 Å². The quantitative estimate of drug-likeness (QED) is 0.497. The van der Waals surface area contributed by atoms with Crippen LogP contribution in [-0.4, -0.2) is 10.9 Å². The second kappa shape index (κ2) is 7.46. The number of aryl methyl sites for hydroxylation is 1. The van der Waals surface area contributed by atoms with Gasteiger partial charge in [0.15, 0.2) is 5.13 Å². The third-order valence-corrected chi connectivity index (χ3v) is 5.33. The van der Waals surface area contributed by atoms with Crippen LogP contribution in [0.5, 0.6) is 0 Å². The number of aromatic nitrogens is 1. The van der Waals surface area contributed by atoms with Gasteiger partial charge in [0.2, 0.25) is 0 Å². The molecule has 1 heterocycles. The summed E-state index contributed by atoms with van der Waals surface area (Å²) in [6.45, 7) is 1.83. The summed E-state index contributed by atoms with van der Waals surface area (Å²) in [7, 11) is 0. The number of carbonyl (C=O) groups is 1. The number of amides is 1. The van der Waals surface area contributed by atoms with E-state index in [-0.39, 0.29) is 5.91 Å². The molecule has 0 fully saturated rings. The Morgan fingerprint density at radius 3 is 2.08 bits per heavy atom. The topological polar surface area (TPSA) is 54.0 Å². The van der Waals surface area contributed by atoms with Crippen LogP contribution in [0.1, 0.15) is 15.4 Å². The molecule has 0 bridgehead atoms. The lowest BCUT2D eigenvalue weighted by molar-refractivity contribution is 0.103. The van der Waals surface area contributed by atoms with E-state index in [0.29, 0.717) is 15.7 Å². The average molecular weight is 467 g/mol. The minimum atomic E-state index is -0.156. The fourth-order valence-corrected chi connectivity index (χ4v) is 3.45. The van der Waals surface area contributed by atoms with Gasteiger partial charge in [-0.2, -0.15) is 0 Å². The molecule has 4 nitrogen and oxygen atoms in total. The summed E-state index contributed by atoms with van der Waals surface area (Å²) in [6, 6.07) is 15.3. The molecule has 1 aromatic heterocycles. The second-order valence-corrected chi connectivity index (χ2v) is 7.86. The standard InChI is InChI=1S/C17H13Br2N3OS/c1-10-15(16(23)21-13-6-2-11(18)3-7-13)24-17(20-10)22-14-8-4-12(19)5-9-14/h2-9H,1H3,(H,20,22)(H,21,23). The SMILES string of the molecule is Cc1nc(Nc2ccc(Br)cc2)sc1C(=O)Nc1ccc(Br)cc1. The summed E-state index contributed by atoms with van der Waals surface area (Å²) in [5.74, 6) is -0.156. The van der Waals surface area contributed by atoms with Crippen LogP contribution in [0, 0.1) is 6.92 Å². The summed E-state index contributed by atoms with van der Waals surface area (Å²) in [6.07, 6.45) is 0. The van der Waals surface area contributed by atoms with Crippen molar-refractivity contribution in [2.75, 3.05) is 10.6 Å². The minimum Gasteiger partial charge on any atom is -0.332 e. The van der Waals surface area contributed by atoms with Gasteiger partial charge in [-0.25, -0.2) is 4.98 Å². The molecule has 0 radical (unpaired) electrons. The molecule has 0 aliphatic carbocycles. The number of thiazole rings is 1. The lowest BCUT2D eigenvalue weighted by Gasteiger charge is -2.04. The zero-order chi connectivity index (χ0) is 17.1. The van der Waals surface area contributed by atoms with Crippen molar-refractivity contribution < 1.29 is 4.79 Å². The maximum absolute atomic E-state index is 12.4. The normalized spacial score (nSPS) is 10.5. The van der Waals surface area contributed by atoms with E-state index in [4.69, 9.17) is 0 Å². The number of halogens is 2. The molecule has 2 N–H and O–H groups in total. The van der Waals surface area contributed by atoms with E-state index >= 15 is 0 Å². The molecule has 1 amide bonds. The second-order valence-electron chi connectivity index (χ2n) is 5.03. The van der Waals surface area contributed by atoms with Crippen LogP contribution < -0.4 is 10.6 Å². The smallest absolute Gasteiger partial charge is 0.267 e. The molecule has 0 unspecified atom stereocenters. The molecule has 0 spiro atoms. The molecule has 0 aliphatic rings. The number of hydrogen-bond donors (Lipinski definition) is 2. The molecule has 122 valence electrons. The molecule has 2 aromatic carbocycles. The van der Waals surface area contributed by atoms with Crippen molar-refractivity contribution in [2.24, 2.45) is 0 Å². The highest BCUT2D eigenvalue weighted by Crippen LogP contribution is 2.27. The zero-order valence-corrected chi connectivity index (χ0v) is 16.6. The Morgan fingerprint density at radius 2 is 1.50 bits per heavy atom. The summed E-state index contributed by atoms with van der Waals surface area (Å²) in [5, 5.41) is 6.80. The van der Waals surface area contributed by atoms with E-state index in [0.717, 1.165) is 20.3 Å². The van der Waals surface area contributed by atoms with Gasteiger partial charge in [0.25, 0.3) is 5.91 Å². The first-order chi connectivity index (χ1) is 11.5. The molecule has 3 aromatic rings. The number of hydrogen-bond acceptors (Lipinski definition) is 4. The van der Waals surface area contributed by atoms with Crippen molar-refractivity contribution in [3.63, 3.8) is 0 Å². The van der Waals surface area contributed by atoms with Crippen LogP contribution in [0.4, 0.5) is 16.5 Å². The first-order valence-corrected chi connectivity index (χ1v) is 9.48. The number of nitrogens with zero attached hydrogens (tertiary/aromatic N) is 1. The maximum atomic E-state index is 12.4. The first kappa shape index (κ1) is 17.1. The molecule has 0 aliphatic heterocycles. The van der Waals surface area contributed by atoms with Crippen LogP contribution in [-0.2, 0) is 0 Å². The van der Waals surface area contributed by atoms with E-state index in [9.17, 15) is 4.79 Å². The number of carbonyl (C=O) groups excluding carboxylic acids is 1.